The summed E-state index contributed by atoms with van der Waals surface area (Å²) in [5, 5.41) is 2.75. The van der Waals surface area contributed by atoms with Gasteiger partial charge in [-0.3, -0.25) is 19.5 Å². The molecule has 3 rings (SSSR count). The first kappa shape index (κ1) is 19.2. The van der Waals surface area contributed by atoms with Crippen molar-refractivity contribution in [3.63, 3.8) is 0 Å². The molecule has 2 heterocycles. The number of benzene rings is 1. The van der Waals surface area contributed by atoms with E-state index in [9.17, 15) is 14.0 Å². The number of hydrogen-bond acceptors (Lipinski definition) is 5. The van der Waals surface area contributed by atoms with Crippen LogP contribution in [0, 0.1) is 5.82 Å². The smallest absolute Gasteiger partial charge is 0.266 e. The summed E-state index contributed by atoms with van der Waals surface area (Å²) in [6.07, 6.45) is 5.64. The van der Waals surface area contributed by atoms with Crippen molar-refractivity contribution >= 4 is 51.9 Å². The molecule has 0 aliphatic carbocycles. The molecular formula is C19H16FN3O2S2. The lowest BCUT2D eigenvalue weighted by atomic mass is 10.2. The number of anilines is 1. The maximum absolute atomic E-state index is 13.0. The molecule has 1 N–H and O–H groups in total. The average Bonchev–Trinajstić information content (AvgIpc) is 2.92. The van der Waals surface area contributed by atoms with E-state index >= 15 is 0 Å². The van der Waals surface area contributed by atoms with Crippen LogP contribution in [0.3, 0.4) is 0 Å². The van der Waals surface area contributed by atoms with Gasteiger partial charge in [0.2, 0.25) is 5.91 Å². The number of aromatic nitrogens is 1. The number of thioether (sulfide) groups is 1. The number of nitrogens with one attached hydrogen (secondary N) is 1. The number of hydrogen-bond donors (Lipinski definition) is 1. The normalized spacial score (nSPS) is 15.4. The van der Waals surface area contributed by atoms with Crippen LogP contribution in [0.1, 0.15) is 18.4 Å². The maximum Gasteiger partial charge on any atom is 0.266 e. The number of rotatable bonds is 6. The van der Waals surface area contributed by atoms with Crippen LogP contribution in [-0.2, 0) is 9.59 Å². The van der Waals surface area contributed by atoms with Crippen LogP contribution in [0.4, 0.5) is 10.1 Å². The summed E-state index contributed by atoms with van der Waals surface area (Å²) in [5.41, 5.74) is 1.36. The van der Waals surface area contributed by atoms with Gasteiger partial charge in [-0.25, -0.2) is 4.39 Å². The van der Waals surface area contributed by atoms with Crippen molar-refractivity contribution < 1.29 is 14.0 Å². The predicted molar refractivity (Wildman–Crippen MR) is 108 cm³/mol. The van der Waals surface area contributed by atoms with Gasteiger partial charge in [-0.1, -0.05) is 36.1 Å². The fourth-order valence-electron chi connectivity index (χ4n) is 2.46. The first-order valence-corrected chi connectivity index (χ1v) is 9.46. The monoisotopic (exact) mass is 401 g/mol. The minimum absolute atomic E-state index is 0.143. The highest BCUT2D eigenvalue weighted by Crippen LogP contribution is 2.32. The molecule has 2 aromatic rings. The van der Waals surface area contributed by atoms with Crippen LogP contribution in [0.25, 0.3) is 6.08 Å². The van der Waals surface area contributed by atoms with Crippen molar-refractivity contribution in [3.05, 3.63) is 65.1 Å². The number of nitrogens with zero attached hydrogens (tertiary/aromatic N) is 2. The second-order valence-corrected chi connectivity index (χ2v) is 7.45. The van der Waals surface area contributed by atoms with Crippen LogP contribution >= 0.6 is 24.0 Å². The van der Waals surface area contributed by atoms with Gasteiger partial charge in [0, 0.05) is 19.2 Å². The number of pyridine rings is 1. The number of carbonyl (C=O) groups is 2. The summed E-state index contributed by atoms with van der Waals surface area (Å²) in [4.78, 5) is 30.4. The minimum atomic E-state index is -0.329. The molecule has 8 heteroatoms. The highest BCUT2D eigenvalue weighted by Gasteiger charge is 2.31. The summed E-state index contributed by atoms with van der Waals surface area (Å²) < 4.78 is 13.4. The van der Waals surface area contributed by atoms with Gasteiger partial charge in [-0.05, 0) is 42.3 Å². The number of thiocarbonyl (C=S) groups is 1. The summed E-state index contributed by atoms with van der Waals surface area (Å²) >= 11 is 6.48. The number of carbonyl (C=O) groups excluding carboxylic acids is 2. The summed E-state index contributed by atoms with van der Waals surface area (Å²) in [6, 6.07) is 9.38. The number of halogens is 1. The van der Waals surface area contributed by atoms with Crippen molar-refractivity contribution in [2.45, 2.75) is 12.8 Å². The summed E-state index contributed by atoms with van der Waals surface area (Å²) in [7, 11) is 0. The molecule has 1 saturated heterocycles. The fourth-order valence-corrected chi connectivity index (χ4v) is 3.77. The van der Waals surface area contributed by atoms with Crippen molar-refractivity contribution in [1.82, 2.24) is 9.88 Å². The summed E-state index contributed by atoms with van der Waals surface area (Å²) in [5.74, 6) is -0.665. The van der Waals surface area contributed by atoms with Gasteiger partial charge >= 0.3 is 0 Å². The second kappa shape index (κ2) is 8.88. The maximum atomic E-state index is 13.0. The Labute approximate surface area is 165 Å². The van der Waals surface area contributed by atoms with Gasteiger partial charge in [0.1, 0.15) is 10.1 Å². The standard InChI is InChI=1S/C19H16FN3O2S2/c20-14-7-5-13(6-8-14)11-16-18(25)23(19(26)27-16)10-2-4-17(24)22-15-3-1-9-21-12-15/h1,3,5-9,11-12H,2,4,10H2,(H,22,24)/b16-11-. The van der Waals surface area contributed by atoms with Crippen LogP contribution in [-0.4, -0.2) is 32.6 Å². The Bertz CT molecular complexity index is 886. The summed E-state index contributed by atoms with van der Waals surface area (Å²) in [6.45, 7) is 0.367. The molecule has 0 bridgehead atoms. The second-order valence-electron chi connectivity index (χ2n) is 5.78. The molecule has 2 amide bonds. The van der Waals surface area contributed by atoms with Gasteiger partial charge in [0.25, 0.3) is 5.91 Å². The third-order valence-corrected chi connectivity index (χ3v) is 5.15. The first-order chi connectivity index (χ1) is 13.0. The van der Waals surface area contributed by atoms with Crippen LogP contribution < -0.4 is 5.32 Å². The average molecular weight is 401 g/mol. The SMILES string of the molecule is O=C(CCCN1C(=O)/C(=C/c2ccc(F)cc2)SC1=S)Nc1cccnc1. The first-order valence-electron chi connectivity index (χ1n) is 8.24. The Balaban J connectivity index is 1.53. The molecule has 1 fully saturated rings. The molecule has 27 heavy (non-hydrogen) atoms. The van der Waals surface area contributed by atoms with E-state index in [4.69, 9.17) is 12.2 Å². The van der Waals surface area contributed by atoms with E-state index < -0.39 is 0 Å². The lowest BCUT2D eigenvalue weighted by Crippen LogP contribution is -2.29. The molecule has 0 saturated carbocycles. The molecule has 1 aromatic heterocycles. The van der Waals surface area contributed by atoms with Gasteiger partial charge in [-0.15, -0.1) is 0 Å². The molecular weight excluding hydrogens is 385 g/mol. The molecule has 0 radical (unpaired) electrons. The predicted octanol–water partition coefficient (Wildman–Crippen LogP) is 3.84. The number of amides is 2. The van der Waals surface area contributed by atoms with Crippen molar-refractivity contribution in [1.29, 1.82) is 0 Å². The molecule has 0 unspecified atom stereocenters. The third-order valence-electron chi connectivity index (χ3n) is 3.77. The molecule has 0 spiro atoms. The Morgan fingerprint density at radius 2 is 2.07 bits per heavy atom. The molecule has 138 valence electrons. The van der Waals surface area contributed by atoms with E-state index in [1.54, 1.807) is 42.7 Å². The van der Waals surface area contributed by atoms with Crippen molar-refractivity contribution in [2.75, 3.05) is 11.9 Å². The van der Waals surface area contributed by atoms with E-state index in [-0.39, 0.29) is 24.1 Å². The molecule has 1 aliphatic rings. The Morgan fingerprint density at radius 3 is 2.78 bits per heavy atom. The molecule has 1 aliphatic heterocycles. The van der Waals surface area contributed by atoms with E-state index in [0.29, 0.717) is 27.9 Å². The van der Waals surface area contributed by atoms with Gasteiger partial charge in [-0.2, -0.15) is 0 Å². The van der Waals surface area contributed by atoms with E-state index in [1.807, 2.05) is 0 Å². The molecule has 5 nitrogen and oxygen atoms in total. The van der Waals surface area contributed by atoms with Gasteiger partial charge in [0.05, 0.1) is 16.8 Å². The van der Waals surface area contributed by atoms with E-state index in [0.717, 1.165) is 5.56 Å². The molecule has 1 aromatic carbocycles. The Hall–Kier alpha value is -2.58. The molecule has 0 atom stereocenters. The fraction of sp³-hybridized carbons (Fsp3) is 0.158. The highest BCUT2D eigenvalue weighted by molar-refractivity contribution is 8.26. The zero-order valence-electron chi connectivity index (χ0n) is 14.2. The quantitative estimate of drug-likeness (QED) is 0.589. The van der Waals surface area contributed by atoms with Crippen LogP contribution in [0.5, 0.6) is 0 Å². The zero-order chi connectivity index (χ0) is 19.2. The lowest BCUT2D eigenvalue weighted by Gasteiger charge is -2.14. The zero-order valence-corrected chi connectivity index (χ0v) is 15.9. The Kier molecular flexibility index (Phi) is 6.31. The highest BCUT2D eigenvalue weighted by atomic mass is 32.2. The lowest BCUT2D eigenvalue weighted by molar-refractivity contribution is -0.122. The van der Waals surface area contributed by atoms with Gasteiger partial charge in [0.15, 0.2) is 0 Å². The van der Waals surface area contributed by atoms with Gasteiger partial charge < -0.3 is 5.32 Å². The topological polar surface area (TPSA) is 62.3 Å². The minimum Gasteiger partial charge on any atom is -0.325 e. The third kappa shape index (κ3) is 5.21. The van der Waals surface area contributed by atoms with Crippen LogP contribution in [0.15, 0.2) is 53.7 Å². The largest absolute Gasteiger partial charge is 0.325 e. The van der Waals surface area contributed by atoms with Crippen molar-refractivity contribution in [3.8, 4) is 0 Å². The Morgan fingerprint density at radius 1 is 1.30 bits per heavy atom. The van der Waals surface area contributed by atoms with Crippen LogP contribution in [0.2, 0.25) is 0 Å². The van der Waals surface area contributed by atoms with Crippen molar-refractivity contribution in [2.24, 2.45) is 0 Å². The van der Waals surface area contributed by atoms with E-state index in [2.05, 4.69) is 10.3 Å². The van der Waals surface area contributed by atoms with E-state index in [1.165, 1.54) is 28.8 Å².